The summed E-state index contributed by atoms with van der Waals surface area (Å²) in [5.74, 6) is 0.889. The van der Waals surface area contributed by atoms with Crippen LogP contribution in [-0.2, 0) is 0 Å². The average Bonchev–Trinajstić information content (AvgIpc) is 2.66. The van der Waals surface area contributed by atoms with E-state index in [1.54, 1.807) is 12.3 Å². The van der Waals surface area contributed by atoms with Gasteiger partial charge in [0.25, 0.3) is 0 Å². The smallest absolute Gasteiger partial charge is 0.152 e. The number of hydrogen-bond donors (Lipinski definition) is 3. The Morgan fingerprint density at radius 1 is 1.22 bits per heavy atom. The molecule has 0 saturated carbocycles. The predicted octanol–water partition coefficient (Wildman–Crippen LogP) is 2.43. The van der Waals surface area contributed by atoms with Crippen LogP contribution in [0.1, 0.15) is 36.5 Å². The van der Waals surface area contributed by atoms with Crippen molar-refractivity contribution in [1.29, 1.82) is 0 Å². The third kappa shape index (κ3) is 4.20. The highest BCUT2D eigenvalue weighted by molar-refractivity contribution is 5.68. The summed E-state index contributed by atoms with van der Waals surface area (Å²) < 4.78 is 0. The molecular weight excluding hydrogens is 342 g/mol. The molecule has 2 atom stereocenters. The number of nitrogens with zero attached hydrogens (tertiary/aromatic N) is 4. The molecule has 146 valence electrons. The van der Waals surface area contributed by atoms with E-state index in [1.807, 2.05) is 27.7 Å². The monoisotopic (exact) mass is 371 g/mol. The Hall–Kier alpha value is -2.25. The van der Waals surface area contributed by atoms with Crippen LogP contribution in [0, 0.1) is 20.8 Å². The van der Waals surface area contributed by atoms with Gasteiger partial charge in [-0.3, -0.25) is 9.88 Å². The molecule has 7 nitrogen and oxygen atoms in total. The molecular formula is C20H29N5O2. The van der Waals surface area contributed by atoms with Gasteiger partial charge in [0, 0.05) is 24.8 Å². The third-order valence-electron chi connectivity index (χ3n) is 5.43. The van der Waals surface area contributed by atoms with Crippen LogP contribution in [0.15, 0.2) is 12.3 Å². The fraction of sp³-hybridized carbons (Fsp3) is 0.550. The quantitative estimate of drug-likeness (QED) is 0.743. The summed E-state index contributed by atoms with van der Waals surface area (Å²) in [6.07, 6.45) is 3.88. The number of likely N-dealkylation sites (tertiary alicyclic amines) is 1. The predicted molar refractivity (Wildman–Crippen MR) is 106 cm³/mol. The molecule has 0 aromatic carbocycles. The van der Waals surface area contributed by atoms with Gasteiger partial charge in [-0.15, -0.1) is 10.2 Å². The highest BCUT2D eigenvalue weighted by atomic mass is 16.3. The van der Waals surface area contributed by atoms with Gasteiger partial charge < -0.3 is 15.5 Å². The molecule has 1 fully saturated rings. The zero-order valence-corrected chi connectivity index (χ0v) is 16.5. The minimum atomic E-state index is 0.119. The first-order chi connectivity index (χ1) is 12.9. The molecule has 0 aliphatic carbocycles. The summed E-state index contributed by atoms with van der Waals surface area (Å²) in [6, 6.07) is 2.13. The molecule has 1 saturated heterocycles. The lowest BCUT2D eigenvalue weighted by Gasteiger charge is -2.36. The molecule has 1 aliphatic rings. The van der Waals surface area contributed by atoms with Gasteiger partial charge in [0.2, 0.25) is 0 Å². The number of anilines is 1. The molecule has 2 unspecified atom stereocenters. The van der Waals surface area contributed by atoms with Crippen LogP contribution in [0.25, 0.3) is 11.4 Å². The molecule has 0 amide bonds. The van der Waals surface area contributed by atoms with Crippen molar-refractivity contribution in [3.05, 3.63) is 29.0 Å². The molecule has 3 N–H and O–H groups in total. The Bertz CT molecular complexity index is 811. The third-order valence-corrected chi connectivity index (χ3v) is 5.43. The van der Waals surface area contributed by atoms with E-state index in [-0.39, 0.29) is 24.4 Å². The van der Waals surface area contributed by atoms with E-state index in [4.69, 9.17) is 0 Å². The molecule has 0 spiro atoms. The Balaban J connectivity index is 1.81. The van der Waals surface area contributed by atoms with Crippen LogP contribution in [0.4, 0.5) is 5.82 Å². The Labute approximate surface area is 160 Å². The van der Waals surface area contributed by atoms with Gasteiger partial charge >= 0.3 is 0 Å². The number of aliphatic hydroxyl groups is 1. The van der Waals surface area contributed by atoms with E-state index >= 15 is 0 Å². The number of aromatic hydroxyl groups is 1. The maximum Gasteiger partial charge on any atom is 0.152 e. The summed E-state index contributed by atoms with van der Waals surface area (Å²) in [6.45, 7) is 9.99. The fourth-order valence-corrected chi connectivity index (χ4v) is 3.54. The topological polar surface area (TPSA) is 94.4 Å². The molecule has 0 radical (unpaired) electrons. The normalized spacial score (nSPS) is 19.1. The molecule has 2 aromatic rings. The first kappa shape index (κ1) is 19.5. The summed E-state index contributed by atoms with van der Waals surface area (Å²) in [5, 5.41) is 31.9. The lowest BCUT2D eigenvalue weighted by Crippen LogP contribution is -2.47. The maximum atomic E-state index is 10.2. The van der Waals surface area contributed by atoms with Gasteiger partial charge in [0.1, 0.15) is 17.1 Å². The van der Waals surface area contributed by atoms with E-state index < -0.39 is 0 Å². The Morgan fingerprint density at radius 3 is 2.70 bits per heavy atom. The maximum absolute atomic E-state index is 10.2. The van der Waals surface area contributed by atoms with Crippen LogP contribution in [0.5, 0.6) is 5.75 Å². The number of rotatable bonds is 5. The van der Waals surface area contributed by atoms with E-state index in [1.165, 1.54) is 0 Å². The number of hydrogen-bond acceptors (Lipinski definition) is 7. The number of piperidine rings is 1. The lowest BCUT2D eigenvalue weighted by atomic mass is 10.0. The second kappa shape index (κ2) is 8.19. The van der Waals surface area contributed by atoms with Crippen LogP contribution < -0.4 is 5.32 Å². The summed E-state index contributed by atoms with van der Waals surface area (Å²) in [5.41, 5.74) is 3.93. The largest absolute Gasteiger partial charge is 0.506 e. The van der Waals surface area contributed by atoms with Gasteiger partial charge in [-0.1, -0.05) is 0 Å². The van der Waals surface area contributed by atoms with E-state index in [0.717, 1.165) is 48.4 Å². The van der Waals surface area contributed by atoms with Crippen LogP contribution in [-0.4, -0.2) is 62.1 Å². The van der Waals surface area contributed by atoms with Crippen LogP contribution >= 0.6 is 0 Å². The van der Waals surface area contributed by atoms with Crippen molar-refractivity contribution < 1.29 is 10.2 Å². The fourth-order valence-electron chi connectivity index (χ4n) is 3.54. The minimum absolute atomic E-state index is 0.119. The van der Waals surface area contributed by atoms with Crippen molar-refractivity contribution in [2.75, 3.05) is 25.0 Å². The van der Waals surface area contributed by atoms with E-state index in [2.05, 4.69) is 25.4 Å². The second-order valence-electron chi connectivity index (χ2n) is 7.54. The number of aliphatic hydroxyl groups excluding tert-OH is 1. The molecule has 1 aliphatic heterocycles. The first-order valence-electron chi connectivity index (χ1n) is 9.52. The average molecular weight is 371 g/mol. The molecule has 0 bridgehead atoms. The van der Waals surface area contributed by atoms with Gasteiger partial charge in [-0.25, -0.2) is 0 Å². The zero-order chi connectivity index (χ0) is 19.6. The van der Waals surface area contributed by atoms with Gasteiger partial charge in [-0.2, -0.15) is 0 Å². The van der Waals surface area contributed by atoms with E-state index in [0.29, 0.717) is 11.4 Å². The van der Waals surface area contributed by atoms with Crippen molar-refractivity contribution in [1.82, 2.24) is 20.1 Å². The first-order valence-corrected chi connectivity index (χ1v) is 9.52. The number of pyridine rings is 1. The molecule has 3 heterocycles. The van der Waals surface area contributed by atoms with Crippen molar-refractivity contribution in [2.24, 2.45) is 0 Å². The second-order valence-corrected chi connectivity index (χ2v) is 7.54. The minimum Gasteiger partial charge on any atom is -0.506 e. The molecule has 2 aromatic heterocycles. The highest BCUT2D eigenvalue weighted by Crippen LogP contribution is 2.31. The van der Waals surface area contributed by atoms with Crippen molar-refractivity contribution in [2.45, 2.75) is 52.6 Å². The van der Waals surface area contributed by atoms with E-state index in [9.17, 15) is 10.2 Å². The Kier molecular flexibility index (Phi) is 5.92. The van der Waals surface area contributed by atoms with Gasteiger partial charge in [0.15, 0.2) is 5.82 Å². The number of aromatic nitrogens is 3. The van der Waals surface area contributed by atoms with Crippen LogP contribution in [0.2, 0.25) is 0 Å². The number of nitrogens with one attached hydrogen (secondary N) is 1. The van der Waals surface area contributed by atoms with Gasteiger partial charge in [0.05, 0.1) is 6.61 Å². The summed E-state index contributed by atoms with van der Waals surface area (Å²) in [7, 11) is 0. The highest BCUT2D eigenvalue weighted by Gasteiger charge is 2.24. The SMILES string of the molecule is Cc1cnc(-c2nnc(NC3CCCN(C(C)CO)C3)c(C)c2C)c(O)c1. The summed E-state index contributed by atoms with van der Waals surface area (Å²) in [4.78, 5) is 6.64. The molecule has 3 rings (SSSR count). The lowest BCUT2D eigenvalue weighted by molar-refractivity contribution is 0.110. The van der Waals surface area contributed by atoms with Crippen LogP contribution in [0.3, 0.4) is 0 Å². The standard InChI is InChI=1S/C20H29N5O2/c1-12-8-17(27)19(21-9-12)18-14(3)15(4)20(24-23-18)22-16-6-5-7-25(10-16)13(2)11-26/h8-9,13,16,26-27H,5-7,10-11H2,1-4H3,(H,22,24). The van der Waals surface area contributed by atoms with Crippen molar-refractivity contribution in [3.63, 3.8) is 0 Å². The Morgan fingerprint density at radius 2 is 2.00 bits per heavy atom. The van der Waals surface area contributed by atoms with Gasteiger partial charge in [-0.05, 0) is 69.8 Å². The summed E-state index contributed by atoms with van der Waals surface area (Å²) >= 11 is 0. The zero-order valence-electron chi connectivity index (χ0n) is 16.5. The van der Waals surface area contributed by atoms with Crippen molar-refractivity contribution >= 4 is 5.82 Å². The number of aryl methyl sites for hydroxylation is 1. The van der Waals surface area contributed by atoms with Crippen molar-refractivity contribution in [3.8, 4) is 17.1 Å². The molecule has 27 heavy (non-hydrogen) atoms. The molecule has 7 heteroatoms.